The third-order valence-electron chi connectivity index (χ3n) is 5.53. The van der Waals surface area contributed by atoms with Crippen molar-refractivity contribution in [1.29, 1.82) is 0 Å². The van der Waals surface area contributed by atoms with Crippen molar-refractivity contribution in [2.24, 2.45) is 0 Å². The Labute approximate surface area is 185 Å². The van der Waals surface area contributed by atoms with Gasteiger partial charge in [-0.3, -0.25) is 9.20 Å². The molecule has 0 N–H and O–H groups in total. The number of aromatic nitrogens is 2. The van der Waals surface area contributed by atoms with Crippen LogP contribution in [-0.4, -0.2) is 21.5 Å². The Morgan fingerprint density at radius 2 is 1.75 bits per heavy atom. The summed E-state index contributed by atoms with van der Waals surface area (Å²) >= 11 is 0. The summed E-state index contributed by atoms with van der Waals surface area (Å²) in [6.07, 6.45) is 3.16. The number of rotatable bonds is 6. The topological polar surface area (TPSA) is 52.7 Å². The first kappa shape index (κ1) is 21.6. The minimum Gasteiger partial charge on any atom is -0.462 e. The number of hydrogen-bond acceptors (Lipinski definition) is 3. The van der Waals surface area contributed by atoms with Crippen LogP contribution >= 0.6 is 0 Å². The minimum atomic E-state index is -0.696. The van der Waals surface area contributed by atoms with E-state index in [1.165, 1.54) is 22.2 Å². The second-order valence-electron chi connectivity index (χ2n) is 8.02. The summed E-state index contributed by atoms with van der Waals surface area (Å²) in [6, 6.07) is 16.5. The summed E-state index contributed by atoms with van der Waals surface area (Å²) in [6.45, 7) is 6.27. The maximum absolute atomic E-state index is 14.3. The van der Waals surface area contributed by atoms with Gasteiger partial charge in [-0.15, -0.1) is 0 Å². The molecule has 0 saturated carbocycles. The van der Waals surface area contributed by atoms with E-state index in [9.17, 15) is 14.0 Å². The molecule has 0 spiro atoms. The third kappa shape index (κ3) is 4.08. The highest BCUT2D eigenvalue weighted by Gasteiger charge is 2.18. The van der Waals surface area contributed by atoms with Crippen LogP contribution in [0.1, 0.15) is 48.2 Å². The second kappa shape index (κ2) is 8.83. The fraction of sp³-hybridized carbons (Fsp3) is 0.231. The summed E-state index contributed by atoms with van der Waals surface area (Å²) in [5.41, 5.74) is 3.47. The molecule has 0 radical (unpaired) electrons. The quantitative estimate of drug-likeness (QED) is 0.391. The number of nitrogens with zero attached hydrogens (tertiary/aromatic N) is 2. The first-order chi connectivity index (χ1) is 15.4. The highest BCUT2D eigenvalue weighted by atomic mass is 19.1. The summed E-state index contributed by atoms with van der Waals surface area (Å²) in [7, 11) is 0. The molecule has 0 amide bonds. The predicted octanol–water partition coefficient (Wildman–Crippen LogP) is 5.26. The van der Waals surface area contributed by atoms with Gasteiger partial charge in [-0.05, 0) is 36.1 Å². The number of carbonyl (C=O) groups is 1. The molecular formula is C26H25FN2O3. The Balaban J connectivity index is 1.88. The Morgan fingerprint density at radius 3 is 2.41 bits per heavy atom. The summed E-state index contributed by atoms with van der Waals surface area (Å²) < 4.78 is 22.5. The lowest BCUT2D eigenvalue weighted by Crippen LogP contribution is -2.26. The van der Waals surface area contributed by atoms with E-state index in [-0.39, 0.29) is 24.5 Å². The van der Waals surface area contributed by atoms with Crippen LogP contribution in [0.3, 0.4) is 0 Å². The Hall–Kier alpha value is -3.67. The Bertz CT molecular complexity index is 1330. The molecule has 0 aliphatic rings. The summed E-state index contributed by atoms with van der Waals surface area (Å²) in [5.74, 6) is -0.628. The van der Waals surface area contributed by atoms with Gasteiger partial charge in [0.25, 0.3) is 5.56 Å². The first-order valence-corrected chi connectivity index (χ1v) is 10.7. The van der Waals surface area contributed by atoms with Crippen molar-refractivity contribution in [3.05, 3.63) is 99.9 Å². The van der Waals surface area contributed by atoms with Gasteiger partial charge in [0.15, 0.2) is 0 Å². The summed E-state index contributed by atoms with van der Waals surface area (Å²) in [5, 5.41) is 0. The maximum Gasteiger partial charge on any atom is 0.345 e. The van der Waals surface area contributed by atoms with Crippen LogP contribution in [0.2, 0.25) is 0 Å². The average Bonchev–Trinajstić information content (AvgIpc) is 3.23. The van der Waals surface area contributed by atoms with Gasteiger partial charge in [-0.2, -0.15) is 0 Å². The van der Waals surface area contributed by atoms with Gasteiger partial charge in [0, 0.05) is 23.5 Å². The average molecular weight is 432 g/mol. The van der Waals surface area contributed by atoms with Crippen molar-refractivity contribution in [3.8, 4) is 11.1 Å². The lowest BCUT2D eigenvalue weighted by atomic mass is 10.00. The Morgan fingerprint density at radius 1 is 1.03 bits per heavy atom. The van der Waals surface area contributed by atoms with Crippen LogP contribution in [0.4, 0.5) is 4.39 Å². The standard InChI is InChI=1S/C26H25FN2O3/c1-4-32-26(31)22-16-28(14-20-7-5-6-8-23(20)27)24-13-21(15-29(24)25(22)30)19-11-9-18(10-12-19)17(2)3/h5-13,15-17H,4,14H2,1-3H3. The molecule has 2 aromatic heterocycles. The molecule has 0 unspecified atom stereocenters. The predicted molar refractivity (Wildman–Crippen MR) is 123 cm³/mol. The van der Waals surface area contributed by atoms with Crippen molar-refractivity contribution < 1.29 is 13.9 Å². The zero-order chi connectivity index (χ0) is 22.8. The van der Waals surface area contributed by atoms with Crippen LogP contribution in [0.25, 0.3) is 16.8 Å². The number of halogens is 1. The van der Waals surface area contributed by atoms with E-state index in [0.29, 0.717) is 17.1 Å². The highest BCUT2D eigenvalue weighted by molar-refractivity contribution is 5.89. The SMILES string of the molecule is CCOC(=O)c1cn(Cc2ccccc2F)c2cc(-c3ccc(C(C)C)cc3)cn2c1=O. The molecule has 0 aliphatic carbocycles. The van der Waals surface area contributed by atoms with E-state index in [0.717, 1.165) is 11.1 Å². The molecule has 0 atom stereocenters. The van der Waals surface area contributed by atoms with Gasteiger partial charge in [0.1, 0.15) is 17.0 Å². The van der Waals surface area contributed by atoms with Gasteiger partial charge in [0.2, 0.25) is 0 Å². The summed E-state index contributed by atoms with van der Waals surface area (Å²) in [4.78, 5) is 25.5. The van der Waals surface area contributed by atoms with Gasteiger partial charge in [-0.1, -0.05) is 56.3 Å². The van der Waals surface area contributed by atoms with Crippen LogP contribution in [0, 0.1) is 5.82 Å². The van der Waals surface area contributed by atoms with E-state index in [1.807, 2.05) is 18.2 Å². The lowest BCUT2D eigenvalue weighted by molar-refractivity contribution is 0.0523. The largest absolute Gasteiger partial charge is 0.462 e. The van der Waals surface area contributed by atoms with E-state index < -0.39 is 11.5 Å². The van der Waals surface area contributed by atoms with Crippen molar-refractivity contribution in [3.63, 3.8) is 0 Å². The van der Waals surface area contributed by atoms with Crippen molar-refractivity contribution in [2.75, 3.05) is 6.61 Å². The smallest absolute Gasteiger partial charge is 0.345 e. The van der Waals surface area contributed by atoms with E-state index in [2.05, 4.69) is 26.0 Å². The number of benzene rings is 2. The van der Waals surface area contributed by atoms with Crippen LogP contribution in [0.5, 0.6) is 0 Å². The van der Waals surface area contributed by atoms with Gasteiger partial charge in [-0.25, -0.2) is 9.18 Å². The van der Waals surface area contributed by atoms with E-state index >= 15 is 0 Å². The van der Waals surface area contributed by atoms with Crippen molar-refractivity contribution >= 4 is 11.6 Å². The maximum atomic E-state index is 14.3. The minimum absolute atomic E-state index is 0.0898. The van der Waals surface area contributed by atoms with Crippen LogP contribution < -0.4 is 5.56 Å². The van der Waals surface area contributed by atoms with Gasteiger partial charge < -0.3 is 9.30 Å². The molecule has 2 heterocycles. The lowest BCUT2D eigenvalue weighted by Gasteiger charge is -2.12. The fourth-order valence-corrected chi connectivity index (χ4v) is 3.75. The third-order valence-corrected chi connectivity index (χ3v) is 5.53. The number of ether oxygens (including phenoxy) is 1. The fourth-order valence-electron chi connectivity index (χ4n) is 3.75. The molecule has 0 saturated heterocycles. The van der Waals surface area contributed by atoms with E-state index in [4.69, 9.17) is 4.74 Å². The second-order valence-corrected chi connectivity index (χ2v) is 8.02. The van der Waals surface area contributed by atoms with E-state index in [1.54, 1.807) is 35.9 Å². The van der Waals surface area contributed by atoms with Gasteiger partial charge in [0.05, 0.1) is 13.2 Å². The Kier molecular flexibility index (Phi) is 5.95. The molecule has 0 fully saturated rings. The molecule has 164 valence electrons. The zero-order valence-corrected chi connectivity index (χ0v) is 18.3. The number of fused-ring (bicyclic) bond motifs is 1. The van der Waals surface area contributed by atoms with Gasteiger partial charge >= 0.3 is 5.97 Å². The normalized spacial score (nSPS) is 11.3. The molecule has 0 aliphatic heterocycles. The molecule has 4 aromatic rings. The molecule has 0 bridgehead atoms. The number of esters is 1. The van der Waals surface area contributed by atoms with Crippen molar-refractivity contribution in [1.82, 2.24) is 8.97 Å². The first-order valence-electron chi connectivity index (χ1n) is 10.7. The van der Waals surface area contributed by atoms with Crippen molar-refractivity contribution in [2.45, 2.75) is 33.2 Å². The zero-order valence-electron chi connectivity index (χ0n) is 18.3. The molecular weight excluding hydrogens is 407 g/mol. The number of hydrogen-bond donors (Lipinski definition) is 0. The van der Waals surface area contributed by atoms with Crippen LogP contribution in [-0.2, 0) is 11.3 Å². The number of carbonyl (C=O) groups excluding carboxylic acids is 1. The molecule has 5 nitrogen and oxygen atoms in total. The monoisotopic (exact) mass is 432 g/mol. The van der Waals surface area contributed by atoms with Crippen LogP contribution in [0.15, 0.2) is 71.8 Å². The molecule has 2 aromatic carbocycles. The molecule has 4 rings (SSSR count). The molecule has 6 heteroatoms. The highest BCUT2D eigenvalue weighted by Crippen LogP contribution is 2.25. The molecule has 32 heavy (non-hydrogen) atoms.